The number of ether oxygens (including phenoxy) is 1. The molecule has 0 radical (unpaired) electrons. The number of aromatic carboxylic acids is 1. The van der Waals surface area contributed by atoms with Crippen molar-refractivity contribution >= 4 is 49.2 Å². The number of hydrogen-bond acceptors (Lipinski definition) is 4. The van der Waals surface area contributed by atoms with Crippen molar-refractivity contribution in [3.63, 3.8) is 0 Å². The third-order valence-corrected chi connectivity index (χ3v) is 5.31. The quantitative estimate of drug-likeness (QED) is 0.501. The Balaban J connectivity index is 1.77. The molecule has 0 saturated heterocycles. The summed E-state index contributed by atoms with van der Waals surface area (Å²) in [5.41, 5.74) is 2.10. The van der Waals surface area contributed by atoms with Gasteiger partial charge in [0, 0.05) is 26.3 Å². The first kappa shape index (κ1) is 18.1. The first-order valence-corrected chi connectivity index (χ1v) is 9.81. The van der Waals surface area contributed by atoms with Crippen LogP contribution in [0.1, 0.15) is 26.6 Å². The maximum Gasteiger partial charge on any atom is 0.355 e. The Bertz CT molecular complexity index is 894. The molecular formula is C18H13Br2NO3S. The van der Waals surface area contributed by atoms with Crippen LogP contribution in [-0.2, 0) is 13.0 Å². The number of hydrogen-bond donors (Lipinski definition) is 1. The minimum absolute atomic E-state index is 0.0762. The van der Waals surface area contributed by atoms with Crippen LogP contribution < -0.4 is 4.74 Å². The van der Waals surface area contributed by atoms with Gasteiger partial charge >= 0.3 is 5.97 Å². The molecule has 0 saturated carbocycles. The highest BCUT2D eigenvalue weighted by Crippen LogP contribution is 2.27. The molecule has 0 fully saturated rings. The molecule has 7 heteroatoms. The second-order valence-electron chi connectivity index (χ2n) is 5.28. The smallest absolute Gasteiger partial charge is 0.355 e. The third-order valence-electron chi connectivity index (χ3n) is 3.44. The maximum absolute atomic E-state index is 11.0. The highest BCUT2D eigenvalue weighted by Gasteiger charge is 2.12. The Morgan fingerprint density at radius 3 is 2.52 bits per heavy atom. The summed E-state index contributed by atoms with van der Waals surface area (Å²) < 4.78 is 7.93. The highest BCUT2D eigenvalue weighted by molar-refractivity contribution is 9.10. The molecule has 1 N–H and O–H groups in total. The van der Waals surface area contributed by atoms with Crippen molar-refractivity contribution in [2.24, 2.45) is 0 Å². The number of carboxylic acid groups (broad SMARTS) is 1. The largest absolute Gasteiger partial charge is 0.489 e. The number of thiazole rings is 1. The van der Waals surface area contributed by atoms with E-state index in [1.165, 1.54) is 11.3 Å². The van der Waals surface area contributed by atoms with Crippen LogP contribution in [0.5, 0.6) is 5.75 Å². The summed E-state index contributed by atoms with van der Waals surface area (Å²) in [6, 6.07) is 13.8. The van der Waals surface area contributed by atoms with Crippen molar-refractivity contribution in [2.75, 3.05) is 0 Å². The predicted octanol–water partition coefficient (Wildman–Crippen LogP) is 5.54. The van der Waals surface area contributed by atoms with E-state index in [-0.39, 0.29) is 5.69 Å². The van der Waals surface area contributed by atoms with Gasteiger partial charge in [0.15, 0.2) is 5.69 Å². The van der Waals surface area contributed by atoms with Crippen molar-refractivity contribution < 1.29 is 14.6 Å². The summed E-state index contributed by atoms with van der Waals surface area (Å²) in [6.07, 6.45) is 0.521. The van der Waals surface area contributed by atoms with Crippen LogP contribution in [0.3, 0.4) is 0 Å². The van der Waals surface area contributed by atoms with E-state index in [0.717, 1.165) is 30.8 Å². The molecule has 0 bridgehead atoms. The summed E-state index contributed by atoms with van der Waals surface area (Å²) in [7, 11) is 0. The highest BCUT2D eigenvalue weighted by atomic mass is 79.9. The number of carbonyl (C=O) groups is 1. The van der Waals surface area contributed by atoms with Crippen LogP contribution in [0.4, 0.5) is 0 Å². The molecule has 0 atom stereocenters. The van der Waals surface area contributed by atoms with E-state index < -0.39 is 5.97 Å². The Hall–Kier alpha value is -1.70. The number of benzene rings is 2. The SMILES string of the molecule is O=C(O)c1csc(Cc2cc(Br)ccc2OCc2ccc(Br)cc2)n1. The first-order valence-electron chi connectivity index (χ1n) is 7.34. The second-order valence-corrected chi connectivity index (χ2v) is 8.05. The fourth-order valence-corrected chi connectivity index (χ4v) is 3.69. The minimum Gasteiger partial charge on any atom is -0.489 e. The van der Waals surface area contributed by atoms with Crippen LogP contribution in [0.25, 0.3) is 0 Å². The number of aromatic nitrogens is 1. The van der Waals surface area contributed by atoms with Gasteiger partial charge in [0.25, 0.3) is 0 Å². The molecule has 3 rings (SSSR count). The topological polar surface area (TPSA) is 59.4 Å². The Kier molecular flexibility index (Phi) is 5.88. The normalized spacial score (nSPS) is 10.6. The molecule has 1 aromatic heterocycles. The first-order chi connectivity index (χ1) is 12.0. The zero-order valence-corrected chi connectivity index (χ0v) is 16.9. The van der Waals surface area contributed by atoms with Crippen molar-refractivity contribution in [2.45, 2.75) is 13.0 Å². The Labute approximate surface area is 165 Å². The van der Waals surface area contributed by atoms with Crippen LogP contribution in [0.2, 0.25) is 0 Å². The monoisotopic (exact) mass is 481 g/mol. The van der Waals surface area contributed by atoms with E-state index in [1.54, 1.807) is 5.38 Å². The Morgan fingerprint density at radius 1 is 1.12 bits per heavy atom. The van der Waals surface area contributed by atoms with Gasteiger partial charge in [-0.15, -0.1) is 11.3 Å². The molecule has 128 valence electrons. The Morgan fingerprint density at radius 2 is 1.84 bits per heavy atom. The number of rotatable bonds is 6. The zero-order valence-electron chi connectivity index (χ0n) is 12.9. The van der Waals surface area contributed by atoms with Crippen LogP contribution >= 0.6 is 43.2 Å². The zero-order chi connectivity index (χ0) is 17.8. The fraction of sp³-hybridized carbons (Fsp3) is 0.111. The van der Waals surface area contributed by atoms with E-state index >= 15 is 0 Å². The van der Waals surface area contributed by atoms with Crippen LogP contribution in [-0.4, -0.2) is 16.1 Å². The van der Waals surface area contributed by atoms with E-state index in [0.29, 0.717) is 13.0 Å². The van der Waals surface area contributed by atoms with Gasteiger partial charge in [-0.2, -0.15) is 0 Å². The van der Waals surface area contributed by atoms with Gasteiger partial charge in [0.2, 0.25) is 0 Å². The average Bonchev–Trinajstić information content (AvgIpc) is 3.04. The molecule has 0 aliphatic heterocycles. The van der Waals surface area contributed by atoms with E-state index in [4.69, 9.17) is 9.84 Å². The van der Waals surface area contributed by atoms with Crippen LogP contribution in [0.15, 0.2) is 56.8 Å². The third kappa shape index (κ3) is 4.90. The molecule has 2 aromatic carbocycles. The van der Waals surface area contributed by atoms with E-state index in [1.807, 2.05) is 42.5 Å². The molecular weight excluding hydrogens is 470 g/mol. The summed E-state index contributed by atoms with van der Waals surface area (Å²) in [5.74, 6) is -0.248. The lowest BCUT2D eigenvalue weighted by Crippen LogP contribution is -2.00. The van der Waals surface area contributed by atoms with Crippen molar-refractivity contribution in [3.8, 4) is 5.75 Å². The molecule has 0 aliphatic carbocycles. The molecule has 0 aliphatic rings. The minimum atomic E-state index is -1.01. The lowest BCUT2D eigenvalue weighted by molar-refractivity contribution is 0.0691. The lowest BCUT2D eigenvalue weighted by atomic mass is 10.1. The van der Waals surface area contributed by atoms with Gasteiger partial charge in [-0.1, -0.05) is 44.0 Å². The summed E-state index contributed by atoms with van der Waals surface area (Å²) in [6.45, 7) is 0.458. The van der Waals surface area contributed by atoms with Crippen LogP contribution in [0, 0.1) is 0 Å². The summed E-state index contributed by atoms with van der Waals surface area (Å²) in [5, 5.41) is 11.3. The van der Waals surface area contributed by atoms with Crippen molar-refractivity contribution in [1.29, 1.82) is 0 Å². The van der Waals surface area contributed by atoms with Gasteiger partial charge in [0.05, 0.1) is 5.01 Å². The maximum atomic E-state index is 11.0. The average molecular weight is 483 g/mol. The molecule has 1 heterocycles. The van der Waals surface area contributed by atoms with Gasteiger partial charge < -0.3 is 9.84 Å². The number of nitrogens with zero attached hydrogens (tertiary/aromatic N) is 1. The number of carboxylic acids is 1. The molecule has 4 nitrogen and oxygen atoms in total. The molecule has 25 heavy (non-hydrogen) atoms. The lowest BCUT2D eigenvalue weighted by Gasteiger charge is -2.11. The standard InChI is InChI=1S/C18H13Br2NO3S/c19-13-3-1-11(2-4-13)9-24-16-6-5-14(20)7-12(16)8-17-21-15(10-25-17)18(22)23/h1-7,10H,8-9H2,(H,22,23). The van der Waals surface area contributed by atoms with Gasteiger partial charge in [0.1, 0.15) is 12.4 Å². The molecule has 0 amide bonds. The molecule has 0 unspecified atom stereocenters. The summed E-state index contributed by atoms with van der Waals surface area (Å²) >= 11 is 8.22. The number of halogens is 2. The van der Waals surface area contributed by atoms with E-state index in [2.05, 4.69) is 36.8 Å². The fourth-order valence-electron chi connectivity index (χ4n) is 2.22. The van der Waals surface area contributed by atoms with Gasteiger partial charge in [-0.05, 0) is 35.9 Å². The van der Waals surface area contributed by atoms with Gasteiger partial charge in [-0.25, -0.2) is 9.78 Å². The van der Waals surface area contributed by atoms with Crippen molar-refractivity contribution in [3.05, 3.63) is 78.6 Å². The van der Waals surface area contributed by atoms with Gasteiger partial charge in [-0.3, -0.25) is 0 Å². The summed E-state index contributed by atoms with van der Waals surface area (Å²) in [4.78, 5) is 15.1. The molecule has 0 spiro atoms. The predicted molar refractivity (Wildman–Crippen MR) is 104 cm³/mol. The second kappa shape index (κ2) is 8.12. The van der Waals surface area contributed by atoms with E-state index in [9.17, 15) is 4.79 Å². The molecule has 3 aromatic rings. The van der Waals surface area contributed by atoms with Crippen molar-refractivity contribution in [1.82, 2.24) is 4.98 Å².